The number of nitrogens with two attached hydrogens (primary N) is 1. The highest BCUT2D eigenvalue weighted by Gasteiger charge is 2.19. The van der Waals surface area contributed by atoms with Crippen LogP contribution in [0.3, 0.4) is 0 Å². The molecule has 0 amide bonds. The summed E-state index contributed by atoms with van der Waals surface area (Å²) in [5.41, 5.74) is 2.34. The molecular weight excluding hydrogens is 284 g/mol. The molecule has 0 saturated carbocycles. The first-order valence-electron chi connectivity index (χ1n) is 6.12. The topological polar surface area (TPSA) is 97.1 Å². The van der Waals surface area contributed by atoms with Crippen LogP contribution < -0.4 is 16.0 Å². The molecule has 106 valence electrons. The third kappa shape index (κ3) is 4.07. The lowest BCUT2D eigenvalue weighted by atomic mass is 10.0. The highest BCUT2D eigenvalue weighted by molar-refractivity contribution is 7.99. The van der Waals surface area contributed by atoms with Crippen LogP contribution in [0.1, 0.15) is 12.8 Å². The molecule has 1 aromatic rings. The average molecular weight is 302 g/mol. The van der Waals surface area contributed by atoms with Gasteiger partial charge in [-0.1, -0.05) is 0 Å². The van der Waals surface area contributed by atoms with Gasteiger partial charge in [0.15, 0.2) is 0 Å². The van der Waals surface area contributed by atoms with E-state index in [0.29, 0.717) is 18.3 Å². The van der Waals surface area contributed by atoms with Crippen LogP contribution in [0.5, 0.6) is 0 Å². The van der Waals surface area contributed by atoms with Crippen molar-refractivity contribution in [3.63, 3.8) is 0 Å². The Balaban J connectivity index is 2.00. The molecule has 4 N–H and O–H groups in total. The molecule has 1 fully saturated rings. The maximum Gasteiger partial charge on any atom is 0.240 e. The number of hydrogen-bond acceptors (Lipinski definition) is 6. The lowest BCUT2D eigenvalue weighted by molar-refractivity contribution is 0.476. The second-order valence-corrected chi connectivity index (χ2v) is 7.42. The first kappa shape index (κ1) is 14.6. The highest BCUT2D eigenvalue weighted by Crippen LogP contribution is 2.22. The monoisotopic (exact) mass is 302 g/mol. The maximum absolute atomic E-state index is 12.1. The van der Waals surface area contributed by atoms with Crippen molar-refractivity contribution in [2.24, 2.45) is 11.8 Å². The van der Waals surface area contributed by atoms with Gasteiger partial charge in [0.05, 0.1) is 4.90 Å². The highest BCUT2D eigenvalue weighted by atomic mass is 32.2. The summed E-state index contributed by atoms with van der Waals surface area (Å²) in [5, 5.41) is 0. The molecule has 2 heterocycles. The molecule has 0 spiro atoms. The molecule has 2 rings (SSSR count). The van der Waals surface area contributed by atoms with Crippen LogP contribution in [0.4, 0.5) is 5.82 Å². The zero-order valence-corrected chi connectivity index (χ0v) is 12.1. The molecule has 1 aromatic heterocycles. The number of pyridine rings is 1. The quantitative estimate of drug-likeness (QED) is 0.549. The second kappa shape index (κ2) is 6.56. The Morgan fingerprint density at radius 3 is 2.84 bits per heavy atom. The van der Waals surface area contributed by atoms with Gasteiger partial charge in [0, 0.05) is 18.8 Å². The Morgan fingerprint density at radius 1 is 1.42 bits per heavy atom. The van der Waals surface area contributed by atoms with E-state index < -0.39 is 10.0 Å². The van der Waals surface area contributed by atoms with Crippen LogP contribution in [-0.4, -0.2) is 31.5 Å². The van der Waals surface area contributed by atoms with E-state index in [-0.39, 0.29) is 4.90 Å². The SMILES string of the molecule is NNc1cc(S(=O)(=O)NCC2CCSCC2)ccn1. The predicted molar refractivity (Wildman–Crippen MR) is 77.3 cm³/mol. The van der Waals surface area contributed by atoms with E-state index in [1.54, 1.807) is 0 Å². The molecule has 1 aliphatic heterocycles. The number of thioether (sulfide) groups is 1. The Hall–Kier alpha value is -0.830. The minimum absolute atomic E-state index is 0.181. The van der Waals surface area contributed by atoms with Gasteiger partial charge in [0.25, 0.3) is 0 Å². The molecule has 0 aliphatic carbocycles. The fourth-order valence-corrected chi connectivity index (χ4v) is 4.25. The normalized spacial score (nSPS) is 17.3. The second-order valence-electron chi connectivity index (χ2n) is 4.43. The lowest BCUT2D eigenvalue weighted by Crippen LogP contribution is -2.31. The van der Waals surface area contributed by atoms with E-state index in [4.69, 9.17) is 5.84 Å². The number of hydrazine groups is 1. The van der Waals surface area contributed by atoms with E-state index >= 15 is 0 Å². The molecule has 0 radical (unpaired) electrons. The van der Waals surface area contributed by atoms with E-state index in [2.05, 4.69) is 15.1 Å². The number of nitrogens with zero attached hydrogens (tertiary/aromatic N) is 1. The van der Waals surface area contributed by atoms with Gasteiger partial charge in [-0.05, 0) is 36.3 Å². The summed E-state index contributed by atoms with van der Waals surface area (Å²) >= 11 is 1.93. The molecule has 0 bridgehead atoms. The van der Waals surface area contributed by atoms with Gasteiger partial charge in [-0.3, -0.25) is 0 Å². The number of rotatable bonds is 5. The molecule has 0 aromatic carbocycles. The van der Waals surface area contributed by atoms with Gasteiger partial charge in [0.1, 0.15) is 5.82 Å². The summed E-state index contributed by atoms with van der Waals surface area (Å²) < 4.78 is 26.9. The van der Waals surface area contributed by atoms with Crippen LogP contribution in [0.2, 0.25) is 0 Å². The minimum Gasteiger partial charge on any atom is -0.308 e. The number of aromatic nitrogens is 1. The molecule has 0 unspecified atom stereocenters. The fourth-order valence-electron chi connectivity index (χ4n) is 1.92. The molecule has 0 atom stereocenters. The molecular formula is C11H18N4O2S2. The van der Waals surface area contributed by atoms with Crippen molar-refractivity contribution < 1.29 is 8.42 Å². The standard InChI is InChI=1S/C11H18N4O2S2/c12-15-11-7-10(1-4-13-11)19(16,17)14-8-9-2-5-18-6-3-9/h1,4,7,9,14H,2-3,5-6,8,12H2,(H,13,15). The summed E-state index contributed by atoms with van der Waals surface area (Å²) in [6.07, 6.45) is 3.55. The molecule has 6 nitrogen and oxygen atoms in total. The Kier molecular flexibility index (Phi) is 5.03. The minimum atomic E-state index is -3.48. The third-order valence-electron chi connectivity index (χ3n) is 3.09. The van der Waals surface area contributed by atoms with Crippen molar-refractivity contribution in [2.45, 2.75) is 17.7 Å². The van der Waals surface area contributed by atoms with Crippen molar-refractivity contribution in [1.29, 1.82) is 0 Å². The van der Waals surface area contributed by atoms with Gasteiger partial charge in [-0.15, -0.1) is 0 Å². The van der Waals surface area contributed by atoms with Crippen molar-refractivity contribution in [3.8, 4) is 0 Å². The number of hydrogen-bond donors (Lipinski definition) is 3. The van der Waals surface area contributed by atoms with Crippen LogP contribution in [0.15, 0.2) is 23.2 Å². The van der Waals surface area contributed by atoms with Crippen LogP contribution >= 0.6 is 11.8 Å². The van der Waals surface area contributed by atoms with E-state index in [9.17, 15) is 8.42 Å². The van der Waals surface area contributed by atoms with Gasteiger partial charge in [0.2, 0.25) is 10.0 Å². The molecule has 19 heavy (non-hydrogen) atoms. The Morgan fingerprint density at radius 2 is 2.16 bits per heavy atom. The van der Waals surface area contributed by atoms with Gasteiger partial charge >= 0.3 is 0 Å². The van der Waals surface area contributed by atoms with Gasteiger partial charge in [-0.25, -0.2) is 24.0 Å². The average Bonchev–Trinajstić information content (AvgIpc) is 2.46. The number of nitrogens with one attached hydrogen (secondary N) is 2. The first-order valence-corrected chi connectivity index (χ1v) is 8.75. The molecule has 1 saturated heterocycles. The Bertz CT molecular complexity index is 515. The van der Waals surface area contributed by atoms with Gasteiger partial charge < -0.3 is 5.43 Å². The van der Waals surface area contributed by atoms with Crippen molar-refractivity contribution in [2.75, 3.05) is 23.5 Å². The summed E-state index contributed by atoms with van der Waals surface area (Å²) in [4.78, 5) is 4.07. The largest absolute Gasteiger partial charge is 0.308 e. The summed E-state index contributed by atoms with van der Waals surface area (Å²) in [6, 6.07) is 2.87. The Labute approximate surface area is 117 Å². The van der Waals surface area contributed by atoms with Crippen LogP contribution in [0, 0.1) is 5.92 Å². The summed E-state index contributed by atoms with van der Waals surface area (Å²) in [7, 11) is -3.48. The number of sulfonamides is 1. The van der Waals surface area contributed by atoms with Crippen molar-refractivity contribution >= 4 is 27.6 Å². The summed E-state index contributed by atoms with van der Waals surface area (Å²) in [5.74, 6) is 8.22. The number of nitrogen functional groups attached to an aromatic ring is 1. The lowest BCUT2D eigenvalue weighted by Gasteiger charge is -2.21. The zero-order valence-electron chi connectivity index (χ0n) is 10.5. The smallest absolute Gasteiger partial charge is 0.240 e. The van der Waals surface area contributed by atoms with Crippen LogP contribution in [0.25, 0.3) is 0 Å². The van der Waals surface area contributed by atoms with Crippen molar-refractivity contribution in [3.05, 3.63) is 18.3 Å². The predicted octanol–water partition coefficient (Wildman–Crippen LogP) is 0.789. The molecule has 8 heteroatoms. The third-order valence-corrected chi connectivity index (χ3v) is 5.56. The zero-order chi connectivity index (χ0) is 13.7. The molecule has 1 aliphatic rings. The number of anilines is 1. The fraction of sp³-hybridized carbons (Fsp3) is 0.545. The van der Waals surface area contributed by atoms with Crippen LogP contribution in [-0.2, 0) is 10.0 Å². The van der Waals surface area contributed by atoms with Crippen molar-refractivity contribution in [1.82, 2.24) is 9.71 Å². The van der Waals surface area contributed by atoms with E-state index in [1.807, 2.05) is 11.8 Å². The maximum atomic E-state index is 12.1. The van der Waals surface area contributed by atoms with E-state index in [1.165, 1.54) is 18.3 Å². The van der Waals surface area contributed by atoms with Gasteiger partial charge in [-0.2, -0.15) is 11.8 Å². The van der Waals surface area contributed by atoms with E-state index in [0.717, 1.165) is 24.3 Å². The summed E-state index contributed by atoms with van der Waals surface area (Å²) in [6.45, 7) is 0.497. The first-order chi connectivity index (χ1) is 9.12.